The van der Waals surface area contributed by atoms with Crippen LogP contribution < -0.4 is 11.1 Å². The predicted molar refractivity (Wildman–Crippen MR) is 70.5 cm³/mol. The number of hydrogen-bond acceptors (Lipinski definition) is 4. The number of piperidine rings is 1. The van der Waals surface area contributed by atoms with Gasteiger partial charge in [-0.2, -0.15) is 0 Å². The summed E-state index contributed by atoms with van der Waals surface area (Å²) >= 11 is 0. The number of nitrogens with two attached hydrogens (primary N) is 1. The van der Waals surface area contributed by atoms with Crippen LogP contribution in [0, 0.1) is 5.41 Å². The minimum absolute atomic E-state index is 0.0400. The Labute approximate surface area is 113 Å². The molecule has 0 bridgehead atoms. The van der Waals surface area contributed by atoms with Crippen LogP contribution in [-0.4, -0.2) is 48.2 Å². The predicted octanol–water partition coefficient (Wildman–Crippen LogP) is 0.461. The molecule has 0 aromatic heterocycles. The smallest absolute Gasteiger partial charge is 0.410 e. The highest BCUT2D eigenvalue weighted by Crippen LogP contribution is 2.36. The van der Waals surface area contributed by atoms with Crippen LogP contribution in [0.4, 0.5) is 4.79 Å². The van der Waals surface area contributed by atoms with Crippen LogP contribution in [0.15, 0.2) is 0 Å². The highest BCUT2D eigenvalue weighted by Gasteiger charge is 2.45. The molecule has 19 heavy (non-hydrogen) atoms. The molecule has 0 aromatic carbocycles. The molecule has 6 nitrogen and oxygen atoms in total. The fourth-order valence-corrected chi connectivity index (χ4v) is 2.91. The van der Waals surface area contributed by atoms with E-state index in [0.717, 1.165) is 6.42 Å². The lowest BCUT2D eigenvalue weighted by Gasteiger charge is -2.42. The number of likely N-dealkylation sites (tertiary alicyclic amines) is 1. The Morgan fingerprint density at radius 2 is 2.21 bits per heavy atom. The molecule has 6 heteroatoms. The number of nitrogens with zero attached hydrogens (tertiary/aromatic N) is 1. The molecular formula is C13H23N3O3. The van der Waals surface area contributed by atoms with Gasteiger partial charge in [-0.25, -0.2) is 4.79 Å². The second kappa shape index (κ2) is 4.67. The minimum Gasteiger partial charge on any atom is -0.444 e. The van der Waals surface area contributed by atoms with Crippen molar-refractivity contribution in [3.05, 3.63) is 0 Å². The van der Waals surface area contributed by atoms with E-state index in [1.165, 1.54) is 0 Å². The van der Waals surface area contributed by atoms with Gasteiger partial charge in [-0.05, 0) is 27.2 Å². The molecule has 0 aliphatic carbocycles. The van der Waals surface area contributed by atoms with Crippen LogP contribution in [0.2, 0.25) is 0 Å². The Morgan fingerprint density at radius 3 is 2.74 bits per heavy atom. The van der Waals surface area contributed by atoms with E-state index in [1.54, 1.807) is 4.90 Å². The van der Waals surface area contributed by atoms with Gasteiger partial charge in [0.05, 0.1) is 0 Å². The van der Waals surface area contributed by atoms with E-state index in [0.29, 0.717) is 26.1 Å². The van der Waals surface area contributed by atoms with Crippen molar-refractivity contribution in [1.29, 1.82) is 0 Å². The number of nitrogens with one attached hydrogen (secondary N) is 1. The summed E-state index contributed by atoms with van der Waals surface area (Å²) in [4.78, 5) is 25.2. The lowest BCUT2D eigenvalue weighted by atomic mass is 9.77. The van der Waals surface area contributed by atoms with Crippen molar-refractivity contribution in [3.8, 4) is 0 Å². The van der Waals surface area contributed by atoms with Crippen molar-refractivity contribution in [1.82, 2.24) is 10.2 Å². The van der Waals surface area contributed by atoms with Crippen LogP contribution in [0.5, 0.6) is 0 Å². The van der Waals surface area contributed by atoms with Gasteiger partial charge in [0.2, 0.25) is 5.91 Å². The molecule has 108 valence electrons. The SMILES string of the molecule is CC(C)(C)OC(=O)N1CC(N)CC2(CNC(=O)C2)C1. The average molecular weight is 269 g/mol. The van der Waals surface area contributed by atoms with Crippen LogP contribution in [0.25, 0.3) is 0 Å². The summed E-state index contributed by atoms with van der Waals surface area (Å²) in [7, 11) is 0. The largest absolute Gasteiger partial charge is 0.444 e. The molecule has 0 radical (unpaired) electrons. The maximum absolute atomic E-state index is 12.1. The van der Waals surface area contributed by atoms with Crippen molar-refractivity contribution < 1.29 is 14.3 Å². The van der Waals surface area contributed by atoms with Crippen molar-refractivity contribution in [2.75, 3.05) is 19.6 Å². The zero-order valence-corrected chi connectivity index (χ0v) is 11.9. The molecule has 3 N–H and O–H groups in total. The van der Waals surface area contributed by atoms with Gasteiger partial charge in [0.1, 0.15) is 5.60 Å². The minimum atomic E-state index is -0.518. The summed E-state index contributed by atoms with van der Waals surface area (Å²) in [5.41, 5.74) is 5.30. The first kappa shape index (κ1) is 14.1. The maximum atomic E-state index is 12.1. The van der Waals surface area contributed by atoms with Gasteiger partial charge in [0.15, 0.2) is 0 Å². The van der Waals surface area contributed by atoms with Gasteiger partial charge in [-0.15, -0.1) is 0 Å². The number of ether oxygens (including phenoxy) is 1. The standard InChI is InChI=1S/C13H23N3O3/c1-12(2,3)19-11(18)16-6-9(14)4-13(8-16)5-10(17)15-7-13/h9H,4-8,14H2,1-3H3,(H,15,17). The third-order valence-corrected chi connectivity index (χ3v) is 3.52. The molecule has 2 aliphatic heterocycles. The van der Waals surface area contributed by atoms with E-state index in [4.69, 9.17) is 10.5 Å². The third-order valence-electron chi connectivity index (χ3n) is 3.52. The van der Waals surface area contributed by atoms with Gasteiger partial charge < -0.3 is 20.7 Å². The number of carbonyl (C=O) groups is 2. The second-order valence-electron chi connectivity index (χ2n) is 6.78. The van der Waals surface area contributed by atoms with E-state index >= 15 is 0 Å². The first-order valence-corrected chi connectivity index (χ1v) is 6.69. The first-order valence-electron chi connectivity index (χ1n) is 6.69. The van der Waals surface area contributed by atoms with Crippen LogP contribution >= 0.6 is 0 Å². The third kappa shape index (κ3) is 3.37. The zero-order valence-electron chi connectivity index (χ0n) is 11.9. The number of carbonyl (C=O) groups excluding carboxylic acids is 2. The molecule has 2 atom stereocenters. The maximum Gasteiger partial charge on any atom is 0.410 e. The van der Waals surface area contributed by atoms with Gasteiger partial charge in [-0.3, -0.25) is 4.79 Å². The summed E-state index contributed by atoms with van der Waals surface area (Å²) in [6.45, 7) is 7.14. The lowest BCUT2D eigenvalue weighted by Crippen LogP contribution is -2.55. The average Bonchev–Trinajstić information content (AvgIpc) is 2.55. The van der Waals surface area contributed by atoms with Crippen molar-refractivity contribution in [2.45, 2.75) is 45.3 Å². The number of amides is 2. The molecule has 0 aromatic rings. The van der Waals surface area contributed by atoms with E-state index in [-0.39, 0.29) is 23.5 Å². The Hall–Kier alpha value is -1.30. The van der Waals surface area contributed by atoms with Crippen molar-refractivity contribution in [2.24, 2.45) is 11.1 Å². The highest BCUT2D eigenvalue weighted by atomic mass is 16.6. The zero-order chi connectivity index (χ0) is 14.3. The van der Waals surface area contributed by atoms with E-state index < -0.39 is 5.60 Å². The summed E-state index contributed by atoms with van der Waals surface area (Å²) in [5.74, 6) is 0.0400. The molecule has 0 saturated carbocycles. The van der Waals surface area contributed by atoms with E-state index in [1.807, 2.05) is 20.8 Å². The number of hydrogen-bond donors (Lipinski definition) is 2. The Bertz CT molecular complexity index is 391. The topological polar surface area (TPSA) is 84.7 Å². The molecule has 2 amide bonds. The van der Waals surface area contributed by atoms with Crippen molar-refractivity contribution >= 4 is 12.0 Å². The fourth-order valence-electron chi connectivity index (χ4n) is 2.91. The quantitative estimate of drug-likeness (QED) is 0.669. The molecule has 2 saturated heterocycles. The first-order chi connectivity index (χ1) is 8.69. The molecule has 2 fully saturated rings. The van der Waals surface area contributed by atoms with Crippen LogP contribution in [0.3, 0.4) is 0 Å². The molecular weight excluding hydrogens is 246 g/mol. The van der Waals surface area contributed by atoms with Gasteiger partial charge >= 0.3 is 6.09 Å². The van der Waals surface area contributed by atoms with Gasteiger partial charge in [-0.1, -0.05) is 0 Å². The van der Waals surface area contributed by atoms with Crippen LogP contribution in [-0.2, 0) is 9.53 Å². The second-order valence-corrected chi connectivity index (χ2v) is 6.78. The lowest BCUT2D eigenvalue weighted by molar-refractivity contribution is -0.120. The normalized spacial score (nSPS) is 31.5. The molecule has 2 rings (SSSR count). The summed E-state index contributed by atoms with van der Waals surface area (Å²) in [5, 5.41) is 2.84. The Balaban J connectivity index is 2.06. The fraction of sp³-hybridized carbons (Fsp3) is 0.846. The Kier molecular flexibility index (Phi) is 3.47. The monoisotopic (exact) mass is 269 g/mol. The summed E-state index contributed by atoms with van der Waals surface area (Å²) < 4.78 is 5.38. The summed E-state index contributed by atoms with van der Waals surface area (Å²) in [6, 6.07) is -0.103. The Morgan fingerprint density at radius 1 is 1.53 bits per heavy atom. The van der Waals surface area contributed by atoms with Gasteiger partial charge in [0.25, 0.3) is 0 Å². The molecule has 1 spiro atoms. The molecule has 2 heterocycles. The molecule has 2 unspecified atom stereocenters. The number of rotatable bonds is 0. The van der Waals surface area contributed by atoms with Gasteiger partial charge in [0, 0.05) is 37.5 Å². The van der Waals surface area contributed by atoms with E-state index in [9.17, 15) is 9.59 Å². The van der Waals surface area contributed by atoms with E-state index in [2.05, 4.69) is 5.32 Å². The van der Waals surface area contributed by atoms with Crippen LogP contribution in [0.1, 0.15) is 33.6 Å². The van der Waals surface area contributed by atoms with Crippen molar-refractivity contribution in [3.63, 3.8) is 0 Å². The molecule has 2 aliphatic rings. The summed E-state index contributed by atoms with van der Waals surface area (Å²) in [6.07, 6.45) is 0.867. The highest BCUT2D eigenvalue weighted by molar-refractivity contribution is 5.79.